The van der Waals surface area contributed by atoms with Gasteiger partial charge in [0.05, 0.1) is 12.8 Å². The second kappa shape index (κ2) is 12.9. The summed E-state index contributed by atoms with van der Waals surface area (Å²) in [5, 5.41) is 3.36. The van der Waals surface area contributed by atoms with Gasteiger partial charge in [-0.05, 0) is 79.2 Å². The van der Waals surface area contributed by atoms with Crippen molar-refractivity contribution < 1.29 is 17.9 Å². The number of nitrogens with one attached hydrogen (secondary N) is 2. The third kappa shape index (κ3) is 6.87. The summed E-state index contributed by atoms with van der Waals surface area (Å²) in [7, 11) is -2.34. The molecule has 0 aliphatic carbocycles. The van der Waals surface area contributed by atoms with Gasteiger partial charge < -0.3 is 19.9 Å². The first-order valence-corrected chi connectivity index (χ1v) is 15.5. The Hall–Kier alpha value is -4.05. The fourth-order valence-corrected chi connectivity index (χ4v) is 6.59. The van der Waals surface area contributed by atoms with E-state index in [0.717, 1.165) is 17.0 Å². The highest BCUT2D eigenvalue weighted by Crippen LogP contribution is 2.32. The Labute approximate surface area is 251 Å². The molecule has 2 N–H and O–H groups in total. The number of hydrogen-bond acceptors (Lipinski definition) is 6. The predicted molar refractivity (Wildman–Crippen MR) is 168 cm³/mol. The largest absolute Gasteiger partial charge is 0.497 e. The van der Waals surface area contributed by atoms with Gasteiger partial charge in [-0.2, -0.15) is 0 Å². The van der Waals surface area contributed by atoms with Crippen LogP contribution in [0.25, 0.3) is 0 Å². The summed E-state index contributed by atoms with van der Waals surface area (Å²) < 4.78 is 35.9. The third-order valence-electron chi connectivity index (χ3n) is 7.30. The lowest BCUT2D eigenvalue weighted by atomic mass is 10.1. The number of hydrogen-bond donors (Lipinski definition) is 2. The lowest BCUT2D eigenvalue weighted by Gasteiger charge is -2.38. The highest BCUT2D eigenvalue weighted by molar-refractivity contribution is 7.89. The number of amides is 1. The number of carbonyl (C=O) groups is 1. The van der Waals surface area contributed by atoms with Crippen molar-refractivity contribution in [3.8, 4) is 5.75 Å². The molecule has 1 saturated heterocycles. The molecular weight excluding hydrogens is 572 g/mol. The van der Waals surface area contributed by atoms with Crippen LogP contribution in [0.5, 0.6) is 5.75 Å². The maximum absolute atomic E-state index is 13.9. The normalized spacial score (nSPS) is 14.4. The molecule has 1 aliphatic rings. The van der Waals surface area contributed by atoms with E-state index in [9.17, 15) is 13.2 Å². The van der Waals surface area contributed by atoms with Gasteiger partial charge in [0.15, 0.2) is 0 Å². The Kier molecular flexibility index (Phi) is 9.01. The lowest BCUT2D eigenvalue weighted by Crippen LogP contribution is -2.47. The quantitative estimate of drug-likeness (QED) is 0.245. The van der Waals surface area contributed by atoms with Crippen molar-refractivity contribution in [2.75, 3.05) is 48.4 Å². The average molecular weight is 605 g/mol. The van der Waals surface area contributed by atoms with E-state index < -0.39 is 16.1 Å². The van der Waals surface area contributed by atoms with Gasteiger partial charge in [-0.1, -0.05) is 41.9 Å². The maximum atomic E-state index is 13.9. The van der Waals surface area contributed by atoms with E-state index in [1.807, 2.05) is 61.5 Å². The Morgan fingerprint density at radius 3 is 2.14 bits per heavy atom. The van der Waals surface area contributed by atoms with Crippen LogP contribution in [0.2, 0.25) is 5.02 Å². The molecule has 1 amide bonds. The standard InChI is InChI=1S/C32H33ClN4O4S/c1-23(24-6-4-3-5-7-24)35-42(39,40)31-22-27(34-32(38)25-8-10-26(33)11-9-25)12-17-30(31)37-20-18-36(19-21-37)28-13-15-29(41-2)16-14-28/h3-17,22-23,35H,18-21H2,1-2H3,(H,34,38)/t23-/m0/s1. The molecule has 4 aromatic rings. The van der Waals surface area contributed by atoms with E-state index in [-0.39, 0.29) is 10.8 Å². The second-order valence-electron chi connectivity index (χ2n) is 10.1. The number of sulfonamides is 1. The van der Waals surface area contributed by atoms with Gasteiger partial charge in [0.25, 0.3) is 5.91 Å². The van der Waals surface area contributed by atoms with Crippen LogP contribution in [0, 0.1) is 0 Å². The number of halogens is 1. The fraction of sp³-hybridized carbons (Fsp3) is 0.219. The Balaban J connectivity index is 1.41. The van der Waals surface area contributed by atoms with E-state index >= 15 is 0 Å². The Bertz CT molecular complexity index is 1620. The van der Waals surface area contributed by atoms with Crippen molar-refractivity contribution in [3.05, 3.63) is 113 Å². The van der Waals surface area contributed by atoms with Crippen LogP contribution >= 0.6 is 11.6 Å². The van der Waals surface area contributed by atoms with Crippen LogP contribution in [0.4, 0.5) is 17.1 Å². The minimum atomic E-state index is -3.98. The van der Waals surface area contributed by atoms with Crippen LogP contribution in [-0.4, -0.2) is 47.6 Å². The number of ether oxygens (including phenoxy) is 1. The zero-order valence-electron chi connectivity index (χ0n) is 23.5. The molecule has 1 atom stereocenters. The van der Waals surface area contributed by atoms with Crippen molar-refractivity contribution in [1.82, 2.24) is 4.72 Å². The molecule has 5 rings (SSSR count). The molecular formula is C32H33ClN4O4S. The minimum absolute atomic E-state index is 0.108. The first-order valence-electron chi connectivity index (χ1n) is 13.7. The zero-order valence-corrected chi connectivity index (χ0v) is 25.0. The van der Waals surface area contributed by atoms with Gasteiger partial charge >= 0.3 is 0 Å². The summed E-state index contributed by atoms with van der Waals surface area (Å²) >= 11 is 5.96. The molecule has 0 spiro atoms. The molecule has 1 aliphatic heterocycles. The van der Waals surface area contributed by atoms with E-state index in [0.29, 0.717) is 48.1 Å². The Morgan fingerprint density at radius 2 is 1.50 bits per heavy atom. The van der Waals surface area contributed by atoms with Gasteiger partial charge in [0, 0.05) is 54.2 Å². The van der Waals surface area contributed by atoms with Gasteiger partial charge in [0.2, 0.25) is 10.0 Å². The Morgan fingerprint density at radius 1 is 0.857 bits per heavy atom. The predicted octanol–water partition coefficient (Wildman–Crippen LogP) is 5.97. The van der Waals surface area contributed by atoms with Crippen molar-refractivity contribution in [3.63, 3.8) is 0 Å². The first kappa shape index (κ1) is 29.4. The van der Waals surface area contributed by atoms with Crippen molar-refractivity contribution in [2.45, 2.75) is 17.9 Å². The average Bonchev–Trinajstić information content (AvgIpc) is 3.02. The van der Waals surface area contributed by atoms with Crippen molar-refractivity contribution >= 4 is 44.6 Å². The summed E-state index contributed by atoms with van der Waals surface area (Å²) in [6.07, 6.45) is 0. The number of carbonyl (C=O) groups excluding carboxylic acids is 1. The molecule has 4 aromatic carbocycles. The summed E-state index contributed by atoms with van der Waals surface area (Å²) in [6, 6.07) is 28.4. The fourth-order valence-electron chi connectivity index (χ4n) is 4.98. The molecule has 1 heterocycles. The monoisotopic (exact) mass is 604 g/mol. The van der Waals surface area contributed by atoms with Crippen LogP contribution in [0.1, 0.15) is 28.9 Å². The molecule has 42 heavy (non-hydrogen) atoms. The van der Waals surface area contributed by atoms with Crippen molar-refractivity contribution in [2.24, 2.45) is 0 Å². The third-order valence-corrected chi connectivity index (χ3v) is 9.12. The zero-order chi connectivity index (χ0) is 29.7. The van der Waals surface area contributed by atoms with E-state index in [2.05, 4.69) is 19.8 Å². The number of nitrogens with zero attached hydrogens (tertiary/aromatic N) is 2. The lowest BCUT2D eigenvalue weighted by molar-refractivity contribution is 0.102. The maximum Gasteiger partial charge on any atom is 0.255 e. The number of anilines is 3. The topological polar surface area (TPSA) is 91.0 Å². The van der Waals surface area contributed by atoms with E-state index in [1.165, 1.54) is 6.07 Å². The number of piperazine rings is 1. The summed E-state index contributed by atoms with van der Waals surface area (Å²) in [4.78, 5) is 17.4. The highest BCUT2D eigenvalue weighted by atomic mass is 35.5. The molecule has 0 saturated carbocycles. The molecule has 0 radical (unpaired) electrons. The molecule has 10 heteroatoms. The van der Waals surface area contributed by atoms with Crippen LogP contribution in [0.15, 0.2) is 102 Å². The van der Waals surface area contributed by atoms with Crippen molar-refractivity contribution in [1.29, 1.82) is 0 Å². The first-order chi connectivity index (χ1) is 20.2. The molecule has 0 aromatic heterocycles. The summed E-state index contributed by atoms with van der Waals surface area (Å²) in [6.45, 7) is 4.49. The molecule has 1 fully saturated rings. The van der Waals surface area contributed by atoms with Crippen LogP contribution < -0.4 is 24.6 Å². The molecule has 0 unspecified atom stereocenters. The number of methoxy groups -OCH3 is 1. The minimum Gasteiger partial charge on any atom is -0.497 e. The van der Waals surface area contributed by atoms with E-state index in [4.69, 9.17) is 16.3 Å². The van der Waals surface area contributed by atoms with Gasteiger partial charge in [-0.25, -0.2) is 13.1 Å². The molecule has 0 bridgehead atoms. The van der Waals surface area contributed by atoms with Gasteiger partial charge in [0.1, 0.15) is 10.6 Å². The summed E-state index contributed by atoms with van der Waals surface area (Å²) in [5.41, 5.74) is 3.31. The number of rotatable bonds is 9. The van der Waals surface area contributed by atoms with Crippen LogP contribution in [0.3, 0.4) is 0 Å². The molecule has 218 valence electrons. The van der Waals surface area contributed by atoms with Crippen LogP contribution in [-0.2, 0) is 10.0 Å². The highest BCUT2D eigenvalue weighted by Gasteiger charge is 2.27. The second-order valence-corrected chi connectivity index (χ2v) is 12.2. The summed E-state index contributed by atoms with van der Waals surface area (Å²) in [5.74, 6) is 0.439. The number of benzene rings is 4. The smallest absolute Gasteiger partial charge is 0.255 e. The van der Waals surface area contributed by atoms with E-state index in [1.54, 1.807) is 43.5 Å². The van der Waals surface area contributed by atoms with Gasteiger partial charge in [-0.15, -0.1) is 0 Å². The molecule has 8 nitrogen and oxygen atoms in total. The van der Waals surface area contributed by atoms with Gasteiger partial charge in [-0.3, -0.25) is 4.79 Å². The SMILES string of the molecule is COc1ccc(N2CCN(c3ccc(NC(=O)c4ccc(Cl)cc4)cc3S(=O)(=O)N[C@@H](C)c3ccccc3)CC2)cc1.